The minimum absolute atomic E-state index is 0.00273. The molecule has 0 aromatic carbocycles. The van der Waals surface area contributed by atoms with Gasteiger partial charge in [0.05, 0.1) is 30.1 Å². The molecule has 4 rings (SSSR count). The van der Waals surface area contributed by atoms with Gasteiger partial charge in [0, 0.05) is 29.4 Å². The van der Waals surface area contributed by atoms with E-state index >= 15 is 0 Å². The largest absolute Gasteiger partial charge is 0.465 e. The fourth-order valence-corrected chi connectivity index (χ4v) is 3.77. The van der Waals surface area contributed by atoms with E-state index in [9.17, 15) is 4.79 Å². The fourth-order valence-electron chi connectivity index (χ4n) is 2.82. The molecule has 1 N–H and O–H groups in total. The van der Waals surface area contributed by atoms with E-state index in [0.717, 1.165) is 34.9 Å². The molecule has 1 atom stereocenters. The lowest BCUT2D eigenvalue weighted by Crippen LogP contribution is -2.31. The minimum atomic E-state index is -0.310. The molecule has 22 heavy (non-hydrogen) atoms. The van der Waals surface area contributed by atoms with Gasteiger partial charge in [0.25, 0.3) is 0 Å². The van der Waals surface area contributed by atoms with Crippen molar-refractivity contribution in [2.24, 2.45) is 0 Å². The molecular formula is C15H14N4O2S. The lowest BCUT2D eigenvalue weighted by Gasteiger charge is -2.22. The standard InChI is InChI=1S/C15H14N4O2S/c1-21-15(20)9-7-11(22-8-9)13-14-10(4-6-16-13)18-12-3-2-5-17-19(12)14/h2-3,5,7-8,13,16H,4,6H2,1H3. The molecule has 1 aliphatic rings. The van der Waals surface area contributed by atoms with Gasteiger partial charge in [-0.15, -0.1) is 11.3 Å². The quantitative estimate of drug-likeness (QED) is 0.731. The minimum Gasteiger partial charge on any atom is -0.465 e. The molecule has 3 aromatic heterocycles. The highest BCUT2D eigenvalue weighted by Crippen LogP contribution is 2.32. The topological polar surface area (TPSA) is 68.5 Å². The molecular weight excluding hydrogens is 300 g/mol. The number of methoxy groups -OCH3 is 1. The van der Waals surface area contributed by atoms with Crippen LogP contribution in [-0.2, 0) is 11.2 Å². The van der Waals surface area contributed by atoms with Gasteiger partial charge in [0.15, 0.2) is 5.65 Å². The third kappa shape index (κ3) is 2.01. The van der Waals surface area contributed by atoms with E-state index in [-0.39, 0.29) is 12.0 Å². The van der Waals surface area contributed by atoms with Crippen molar-refractivity contribution in [1.29, 1.82) is 0 Å². The number of thiophene rings is 1. The summed E-state index contributed by atoms with van der Waals surface area (Å²) in [5.74, 6) is -0.310. The van der Waals surface area contributed by atoms with Gasteiger partial charge in [-0.1, -0.05) is 0 Å². The van der Waals surface area contributed by atoms with Crippen LogP contribution in [0.2, 0.25) is 0 Å². The van der Waals surface area contributed by atoms with Crippen LogP contribution in [0.25, 0.3) is 5.65 Å². The van der Waals surface area contributed by atoms with Crippen molar-refractivity contribution in [3.63, 3.8) is 0 Å². The van der Waals surface area contributed by atoms with Gasteiger partial charge in [-0.2, -0.15) is 5.10 Å². The van der Waals surface area contributed by atoms with Gasteiger partial charge in [0.2, 0.25) is 0 Å². The Balaban J connectivity index is 1.82. The first kappa shape index (κ1) is 13.4. The first-order chi connectivity index (χ1) is 10.8. The highest BCUT2D eigenvalue weighted by atomic mass is 32.1. The van der Waals surface area contributed by atoms with Gasteiger partial charge in [-0.25, -0.2) is 14.3 Å². The first-order valence-corrected chi connectivity index (χ1v) is 7.88. The van der Waals surface area contributed by atoms with Crippen molar-refractivity contribution in [2.75, 3.05) is 13.7 Å². The average molecular weight is 314 g/mol. The molecule has 7 heteroatoms. The summed E-state index contributed by atoms with van der Waals surface area (Å²) in [6, 6.07) is 5.72. The second-order valence-electron chi connectivity index (χ2n) is 5.10. The van der Waals surface area contributed by atoms with Crippen LogP contribution >= 0.6 is 11.3 Å². The van der Waals surface area contributed by atoms with Crippen LogP contribution in [0.4, 0.5) is 0 Å². The second-order valence-corrected chi connectivity index (χ2v) is 6.05. The Labute approximate surface area is 130 Å². The Kier molecular flexibility index (Phi) is 3.16. The van der Waals surface area contributed by atoms with Crippen LogP contribution in [0.1, 0.15) is 32.7 Å². The number of imidazole rings is 1. The summed E-state index contributed by atoms with van der Waals surface area (Å²) in [7, 11) is 1.39. The van der Waals surface area contributed by atoms with Crippen molar-refractivity contribution < 1.29 is 9.53 Å². The third-order valence-corrected chi connectivity index (χ3v) is 4.81. The molecule has 0 saturated carbocycles. The van der Waals surface area contributed by atoms with Crippen molar-refractivity contribution >= 4 is 23.0 Å². The Morgan fingerprint density at radius 1 is 1.55 bits per heavy atom. The number of nitrogens with one attached hydrogen (secondary N) is 1. The van der Waals surface area contributed by atoms with E-state index in [4.69, 9.17) is 4.74 Å². The summed E-state index contributed by atoms with van der Waals surface area (Å²) in [5, 5.41) is 9.74. The number of carbonyl (C=O) groups excluding carboxylic acids is 1. The van der Waals surface area contributed by atoms with Crippen LogP contribution < -0.4 is 5.32 Å². The maximum absolute atomic E-state index is 11.7. The number of ether oxygens (including phenoxy) is 1. The lowest BCUT2D eigenvalue weighted by atomic mass is 10.0. The number of aromatic nitrogens is 3. The molecule has 0 amide bonds. The van der Waals surface area contributed by atoms with Gasteiger partial charge in [0.1, 0.15) is 0 Å². The van der Waals surface area contributed by atoms with Crippen molar-refractivity contribution in [1.82, 2.24) is 19.9 Å². The summed E-state index contributed by atoms with van der Waals surface area (Å²) in [4.78, 5) is 17.4. The molecule has 4 heterocycles. The molecule has 0 radical (unpaired) electrons. The van der Waals surface area contributed by atoms with E-state index < -0.39 is 0 Å². The first-order valence-electron chi connectivity index (χ1n) is 7.00. The number of hydrogen-bond donors (Lipinski definition) is 1. The average Bonchev–Trinajstić information content (AvgIpc) is 3.18. The lowest BCUT2D eigenvalue weighted by molar-refractivity contribution is 0.0601. The van der Waals surface area contributed by atoms with Gasteiger partial charge < -0.3 is 10.1 Å². The van der Waals surface area contributed by atoms with Crippen LogP contribution in [0, 0.1) is 0 Å². The zero-order valence-electron chi connectivity index (χ0n) is 11.9. The van der Waals surface area contributed by atoms with Crippen molar-refractivity contribution in [3.8, 4) is 0 Å². The second kappa shape index (κ2) is 5.19. The van der Waals surface area contributed by atoms with Crippen LogP contribution in [0.15, 0.2) is 29.8 Å². The number of hydrogen-bond acceptors (Lipinski definition) is 6. The maximum Gasteiger partial charge on any atom is 0.338 e. The van der Waals surface area contributed by atoms with Crippen LogP contribution in [0.5, 0.6) is 0 Å². The number of carbonyl (C=O) groups is 1. The Bertz CT molecular complexity index is 854. The summed E-state index contributed by atoms with van der Waals surface area (Å²) in [6.07, 6.45) is 2.64. The molecule has 6 nitrogen and oxygen atoms in total. The van der Waals surface area contributed by atoms with Crippen LogP contribution in [0.3, 0.4) is 0 Å². The zero-order chi connectivity index (χ0) is 15.1. The summed E-state index contributed by atoms with van der Waals surface area (Å²) < 4.78 is 6.66. The Morgan fingerprint density at radius 3 is 3.32 bits per heavy atom. The maximum atomic E-state index is 11.7. The normalized spacial score (nSPS) is 17.4. The highest BCUT2D eigenvalue weighted by molar-refractivity contribution is 7.10. The predicted molar refractivity (Wildman–Crippen MR) is 82.2 cm³/mol. The number of esters is 1. The predicted octanol–water partition coefficient (Wildman–Crippen LogP) is 1.81. The molecule has 1 unspecified atom stereocenters. The van der Waals surface area contributed by atoms with Gasteiger partial charge in [-0.3, -0.25) is 0 Å². The van der Waals surface area contributed by atoms with Crippen LogP contribution in [-0.4, -0.2) is 34.2 Å². The number of rotatable bonds is 2. The molecule has 112 valence electrons. The van der Waals surface area contributed by atoms with Crippen molar-refractivity contribution in [3.05, 3.63) is 51.6 Å². The fraction of sp³-hybridized carbons (Fsp3) is 0.267. The highest BCUT2D eigenvalue weighted by Gasteiger charge is 2.28. The van der Waals surface area contributed by atoms with E-state index in [1.54, 1.807) is 17.5 Å². The third-order valence-electron chi connectivity index (χ3n) is 3.81. The zero-order valence-corrected chi connectivity index (χ0v) is 12.8. The molecule has 0 bridgehead atoms. The molecule has 0 aliphatic carbocycles. The van der Waals surface area contributed by atoms with Gasteiger partial charge >= 0.3 is 5.97 Å². The molecule has 1 aliphatic heterocycles. The van der Waals surface area contributed by atoms with Gasteiger partial charge in [-0.05, 0) is 18.2 Å². The monoisotopic (exact) mass is 314 g/mol. The van der Waals surface area contributed by atoms with E-state index in [1.807, 2.05) is 28.1 Å². The molecule has 0 fully saturated rings. The van der Waals surface area contributed by atoms with E-state index in [1.165, 1.54) is 7.11 Å². The molecule has 0 spiro atoms. The SMILES string of the molecule is COC(=O)c1csc(C2NCCc3nc4cccnn4c32)c1. The molecule has 0 saturated heterocycles. The Hall–Kier alpha value is -2.25. The summed E-state index contributed by atoms with van der Waals surface area (Å²) in [6.45, 7) is 0.854. The summed E-state index contributed by atoms with van der Waals surface area (Å²) >= 11 is 1.54. The summed E-state index contributed by atoms with van der Waals surface area (Å²) in [5.41, 5.74) is 3.56. The van der Waals surface area contributed by atoms with Crippen molar-refractivity contribution in [2.45, 2.75) is 12.5 Å². The smallest absolute Gasteiger partial charge is 0.338 e. The number of fused-ring (bicyclic) bond motifs is 3. The van der Waals surface area contributed by atoms with E-state index in [2.05, 4.69) is 15.4 Å². The molecule has 3 aromatic rings. The Morgan fingerprint density at radius 2 is 2.45 bits per heavy atom. The number of nitrogens with zero attached hydrogens (tertiary/aromatic N) is 3. The van der Waals surface area contributed by atoms with E-state index in [0.29, 0.717) is 5.56 Å².